The van der Waals surface area contributed by atoms with Crippen molar-refractivity contribution in [2.75, 3.05) is 18.0 Å². The second-order valence-corrected chi connectivity index (χ2v) is 3.85. The van der Waals surface area contributed by atoms with Gasteiger partial charge in [0.1, 0.15) is 5.82 Å². The Kier molecular flexibility index (Phi) is 3.55. The quantitative estimate of drug-likeness (QED) is 0.591. The molecule has 0 spiro atoms. The highest BCUT2D eigenvalue weighted by atomic mass is 19.1. The number of carbonyl (C=O) groups excluding carboxylic acids is 1. The highest BCUT2D eigenvalue weighted by molar-refractivity contribution is 5.70. The third-order valence-electron chi connectivity index (χ3n) is 2.80. The maximum absolute atomic E-state index is 13.1. The molecule has 0 radical (unpaired) electrons. The zero-order chi connectivity index (χ0) is 12.3. The molecule has 0 saturated heterocycles. The van der Waals surface area contributed by atoms with Crippen LogP contribution in [0.15, 0.2) is 18.2 Å². The number of hydrogen-bond donors (Lipinski definition) is 2. The van der Waals surface area contributed by atoms with E-state index < -0.39 is 5.97 Å². The lowest BCUT2D eigenvalue weighted by Crippen LogP contribution is -2.29. The summed E-state index contributed by atoms with van der Waals surface area (Å²) in [6.07, 6.45) is 1.08. The van der Waals surface area contributed by atoms with Crippen molar-refractivity contribution in [3.05, 3.63) is 29.6 Å². The Hall–Kier alpha value is -1.66. The molecule has 17 heavy (non-hydrogen) atoms. The average molecular weight is 239 g/mol. The number of nitrogens with one attached hydrogen (secondary N) is 1. The Bertz CT molecular complexity index is 425. The molecule has 2 rings (SSSR count). The van der Waals surface area contributed by atoms with E-state index in [1.165, 1.54) is 12.1 Å². The number of halogens is 1. The summed E-state index contributed by atoms with van der Waals surface area (Å²) in [6.45, 7) is 1.29. The minimum absolute atomic E-state index is 0.208. The highest BCUT2D eigenvalue weighted by Crippen LogP contribution is 2.28. The summed E-state index contributed by atoms with van der Waals surface area (Å²) in [6, 6.07) is 4.73. The van der Waals surface area contributed by atoms with Crippen LogP contribution in [0.1, 0.15) is 12.0 Å². The molecule has 1 aromatic carbocycles. The SMILES string of the molecule is NNOC(=O)CCN1CCc2ccc(F)cc21. The van der Waals surface area contributed by atoms with Crippen LogP contribution in [-0.4, -0.2) is 19.1 Å². The zero-order valence-corrected chi connectivity index (χ0v) is 9.28. The smallest absolute Gasteiger partial charge is 0.328 e. The van der Waals surface area contributed by atoms with Crippen molar-refractivity contribution >= 4 is 11.7 Å². The van der Waals surface area contributed by atoms with E-state index in [1.54, 1.807) is 6.07 Å². The zero-order valence-electron chi connectivity index (χ0n) is 9.28. The normalized spacial score (nSPS) is 13.6. The van der Waals surface area contributed by atoms with E-state index >= 15 is 0 Å². The Morgan fingerprint density at radius 2 is 2.41 bits per heavy atom. The van der Waals surface area contributed by atoms with E-state index in [-0.39, 0.29) is 12.2 Å². The van der Waals surface area contributed by atoms with Crippen LogP contribution in [0.3, 0.4) is 0 Å². The molecule has 1 heterocycles. The van der Waals surface area contributed by atoms with Gasteiger partial charge in [-0.2, -0.15) is 0 Å². The van der Waals surface area contributed by atoms with Gasteiger partial charge in [-0.15, -0.1) is 0 Å². The average Bonchev–Trinajstić information content (AvgIpc) is 2.69. The lowest BCUT2D eigenvalue weighted by atomic mass is 10.2. The Morgan fingerprint density at radius 3 is 3.18 bits per heavy atom. The maximum Gasteiger partial charge on any atom is 0.328 e. The lowest BCUT2D eigenvalue weighted by molar-refractivity contribution is -0.150. The van der Waals surface area contributed by atoms with Crippen molar-refractivity contribution in [2.24, 2.45) is 5.84 Å². The minimum atomic E-state index is -0.433. The molecule has 0 unspecified atom stereocenters. The van der Waals surface area contributed by atoms with Crippen LogP contribution in [0.4, 0.5) is 10.1 Å². The molecule has 0 aromatic heterocycles. The van der Waals surface area contributed by atoms with Crippen LogP contribution in [0.5, 0.6) is 0 Å². The van der Waals surface area contributed by atoms with Crippen LogP contribution in [0.2, 0.25) is 0 Å². The first kappa shape index (κ1) is 11.8. The molecule has 0 amide bonds. The van der Waals surface area contributed by atoms with E-state index in [0.29, 0.717) is 6.54 Å². The lowest BCUT2D eigenvalue weighted by Gasteiger charge is -2.18. The van der Waals surface area contributed by atoms with Gasteiger partial charge >= 0.3 is 5.97 Å². The Morgan fingerprint density at radius 1 is 1.59 bits per heavy atom. The fraction of sp³-hybridized carbons (Fsp3) is 0.364. The Labute approximate surface area is 98.3 Å². The molecule has 1 aromatic rings. The predicted octanol–water partition coefficient (Wildman–Crippen LogP) is 0.500. The number of benzene rings is 1. The number of hydrazine groups is 1. The molecule has 0 atom stereocenters. The van der Waals surface area contributed by atoms with Gasteiger partial charge in [-0.1, -0.05) is 11.7 Å². The van der Waals surface area contributed by atoms with Gasteiger partial charge in [0.15, 0.2) is 0 Å². The van der Waals surface area contributed by atoms with Gasteiger partial charge in [-0.25, -0.2) is 10.2 Å². The number of rotatable bonds is 4. The molecule has 0 aliphatic carbocycles. The van der Waals surface area contributed by atoms with Crippen molar-refractivity contribution in [2.45, 2.75) is 12.8 Å². The summed E-state index contributed by atoms with van der Waals surface area (Å²) in [5.41, 5.74) is 3.81. The Balaban J connectivity index is 1.97. The number of nitrogens with zero attached hydrogens (tertiary/aromatic N) is 1. The van der Waals surface area contributed by atoms with Crippen molar-refractivity contribution < 1.29 is 14.0 Å². The van der Waals surface area contributed by atoms with E-state index in [2.05, 4.69) is 4.84 Å². The second kappa shape index (κ2) is 5.11. The van der Waals surface area contributed by atoms with Crippen LogP contribution < -0.4 is 16.3 Å². The van der Waals surface area contributed by atoms with Gasteiger partial charge in [0.25, 0.3) is 0 Å². The van der Waals surface area contributed by atoms with Crippen LogP contribution >= 0.6 is 0 Å². The summed E-state index contributed by atoms with van der Waals surface area (Å²) in [5, 5.41) is 0. The summed E-state index contributed by atoms with van der Waals surface area (Å²) in [5.74, 6) is 4.16. The van der Waals surface area contributed by atoms with Gasteiger partial charge in [0.2, 0.25) is 0 Å². The van der Waals surface area contributed by atoms with Crippen LogP contribution in [0.25, 0.3) is 0 Å². The second-order valence-electron chi connectivity index (χ2n) is 3.85. The number of nitrogens with two attached hydrogens (primary N) is 1. The molecule has 6 heteroatoms. The van der Waals surface area contributed by atoms with E-state index in [1.807, 2.05) is 10.5 Å². The fourth-order valence-corrected chi connectivity index (χ4v) is 1.99. The molecule has 1 aliphatic heterocycles. The molecule has 0 fully saturated rings. The topological polar surface area (TPSA) is 67.6 Å². The van der Waals surface area contributed by atoms with Crippen molar-refractivity contribution in [3.8, 4) is 0 Å². The van der Waals surface area contributed by atoms with Crippen molar-refractivity contribution in [1.82, 2.24) is 5.59 Å². The van der Waals surface area contributed by atoms with Gasteiger partial charge in [0.05, 0.1) is 6.42 Å². The third kappa shape index (κ3) is 2.72. The number of carbonyl (C=O) groups is 1. The molecule has 0 bridgehead atoms. The molecule has 1 aliphatic rings. The van der Waals surface area contributed by atoms with Gasteiger partial charge in [0, 0.05) is 18.8 Å². The minimum Gasteiger partial charge on any atom is -0.370 e. The van der Waals surface area contributed by atoms with Crippen molar-refractivity contribution in [3.63, 3.8) is 0 Å². The predicted molar refractivity (Wildman–Crippen MR) is 60.3 cm³/mol. The first-order valence-corrected chi connectivity index (χ1v) is 5.39. The number of hydrogen-bond acceptors (Lipinski definition) is 5. The molecule has 3 N–H and O–H groups in total. The summed E-state index contributed by atoms with van der Waals surface area (Å²) >= 11 is 0. The molecule has 0 saturated carbocycles. The standard InChI is InChI=1S/C11H14FN3O2/c12-9-2-1-8-3-5-15(10(8)7-9)6-4-11(16)17-14-13/h1-2,7,14H,3-6,13H2. The van der Waals surface area contributed by atoms with Gasteiger partial charge < -0.3 is 9.74 Å². The first-order chi connectivity index (χ1) is 8.20. The van der Waals surface area contributed by atoms with Crippen molar-refractivity contribution in [1.29, 1.82) is 0 Å². The molecule has 92 valence electrons. The molecule has 5 nitrogen and oxygen atoms in total. The summed E-state index contributed by atoms with van der Waals surface area (Å²) in [4.78, 5) is 17.5. The van der Waals surface area contributed by atoms with Crippen LogP contribution in [-0.2, 0) is 16.1 Å². The van der Waals surface area contributed by atoms with E-state index in [4.69, 9.17) is 5.84 Å². The largest absolute Gasteiger partial charge is 0.370 e. The third-order valence-corrected chi connectivity index (χ3v) is 2.80. The van der Waals surface area contributed by atoms with Crippen LogP contribution in [0, 0.1) is 5.82 Å². The number of fused-ring (bicyclic) bond motifs is 1. The van der Waals surface area contributed by atoms with E-state index in [9.17, 15) is 9.18 Å². The summed E-state index contributed by atoms with van der Waals surface area (Å²) < 4.78 is 13.1. The molecular formula is C11H14FN3O2. The maximum atomic E-state index is 13.1. The van der Waals surface area contributed by atoms with Gasteiger partial charge in [-0.05, 0) is 24.1 Å². The van der Waals surface area contributed by atoms with E-state index in [0.717, 1.165) is 24.2 Å². The fourth-order valence-electron chi connectivity index (χ4n) is 1.99. The first-order valence-electron chi connectivity index (χ1n) is 5.39. The monoisotopic (exact) mass is 239 g/mol. The summed E-state index contributed by atoms with van der Waals surface area (Å²) in [7, 11) is 0. The number of anilines is 1. The van der Waals surface area contributed by atoms with Gasteiger partial charge in [-0.3, -0.25) is 4.79 Å². The molecular weight excluding hydrogens is 225 g/mol. The highest BCUT2D eigenvalue weighted by Gasteiger charge is 2.20.